The fourth-order valence-electron chi connectivity index (χ4n) is 8.62. The third-order valence-corrected chi connectivity index (χ3v) is 12.4. The number of rotatable bonds is 21. The summed E-state index contributed by atoms with van der Waals surface area (Å²) in [6.45, 7) is 3.17. The Labute approximate surface area is 427 Å². The van der Waals surface area contributed by atoms with Gasteiger partial charge in [0.05, 0.1) is 12.7 Å². The number of fused-ring (bicyclic) bond motifs is 1. The van der Waals surface area contributed by atoms with Crippen LogP contribution in [0.5, 0.6) is 0 Å². The molecule has 0 radical (unpaired) electrons. The number of aliphatic carboxylic acids is 1. The standard InChI is InChI=1S/C50H68N14O10/c1-3-4-16-36(58-29(2)65)48(73)64-41(25-42(66)67)47(72)63-40(24-32-27-54-28-57-32)46(71)61-38(22-30-13-6-5-7-14-30)44(69)59-35(19-12-21-55-50(52)53)43(68)62-39(23-31-26-56-34-17-9-8-15-33(31)34)45(70)60-37(49(64)74)18-10-11-20-51/h5-9,13-15,17,26-28,35-41,56H,3-4,10-12,16,18-25,51H2,1-2H3,(H,54,57)(H,58,65)(H,59,69)(H,60,70)(H,61,71)(H,62,68)(H,63,72)(H,66,67)(H4,52,53,55)/t35-,36+,37-,38+,39+,40-,41+/m1/s1. The molecule has 7 atom stereocenters. The van der Waals surface area contributed by atoms with Crippen LogP contribution in [0.25, 0.3) is 10.9 Å². The van der Waals surface area contributed by atoms with Crippen LogP contribution in [0.1, 0.15) is 88.5 Å². The van der Waals surface area contributed by atoms with E-state index in [2.05, 4.69) is 51.8 Å². The summed E-state index contributed by atoms with van der Waals surface area (Å²) in [5, 5.41) is 27.1. The molecule has 8 amide bonds. The summed E-state index contributed by atoms with van der Waals surface area (Å²) < 4.78 is 0. The van der Waals surface area contributed by atoms with Crippen molar-refractivity contribution in [3.8, 4) is 0 Å². The molecule has 15 N–H and O–H groups in total. The first-order valence-electron chi connectivity index (χ1n) is 24.7. The van der Waals surface area contributed by atoms with E-state index in [-0.39, 0.29) is 70.4 Å². The van der Waals surface area contributed by atoms with Crippen molar-refractivity contribution < 1.29 is 48.3 Å². The number of imide groups is 1. The number of nitrogens with two attached hydrogens (primary N) is 3. The maximum atomic E-state index is 15.4. The third-order valence-electron chi connectivity index (χ3n) is 12.4. The van der Waals surface area contributed by atoms with E-state index >= 15 is 9.59 Å². The molecule has 1 aliphatic rings. The van der Waals surface area contributed by atoms with Crippen LogP contribution < -0.4 is 49.1 Å². The van der Waals surface area contributed by atoms with Gasteiger partial charge in [-0.15, -0.1) is 0 Å². The molecule has 398 valence electrons. The molecule has 74 heavy (non-hydrogen) atoms. The van der Waals surface area contributed by atoms with Crippen LogP contribution in [0, 0.1) is 0 Å². The molecule has 5 rings (SSSR count). The number of aliphatic imine (C=N–C) groups is 1. The molecule has 24 nitrogen and oxygen atoms in total. The van der Waals surface area contributed by atoms with Crippen molar-refractivity contribution >= 4 is 70.1 Å². The second kappa shape index (κ2) is 28.2. The molecule has 0 saturated carbocycles. The lowest BCUT2D eigenvalue weighted by Crippen LogP contribution is -2.65. The van der Waals surface area contributed by atoms with Gasteiger partial charge in [0, 0.05) is 61.7 Å². The van der Waals surface area contributed by atoms with Crippen molar-refractivity contribution in [1.29, 1.82) is 0 Å². The number of H-pyrrole nitrogens is 2. The van der Waals surface area contributed by atoms with E-state index < -0.39 is 102 Å². The number of guanidine groups is 1. The lowest BCUT2D eigenvalue weighted by Gasteiger charge is -2.35. The van der Waals surface area contributed by atoms with E-state index in [1.54, 1.807) is 54.7 Å². The molecule has 2 aromatic heterocycles. The fraction of sp³-hybridized carbons (Fsp3) is 0.460. The zero-order valence-corrected chi connectivity index (χ0v) is 41.6. The van der Waals surface area contributed by atoms with Crippen molar-refractivity contribution in [2.75, 3.05) is 13.1 Å². The minimum absolute atomic E-state index is 0.0358. The molecule has 1 saturated heterocycles. The maximum absolute atomic E-state index is 15.4. The number of aromatic nitrogens is 3. The van der Waals surface area contributed by atoms with Crippen molar-refractivity contribution in [3.05, 3.63) is 90.1 Å². The zero-order chi connectivity index (χ0) is 53.7. The van der Waals surface area contributed by atoms with Crippen LogP contribution in [0.4, 0.5) is 0 Å². The Balaban J connectivity index is 1.73. The number of amides is 8. The van der Waals surface area contributed by atoms with Gasteiger partial charge in [-0.05, 0) is 62.3 Å². The fourth-order valence-corrected chi connectivity index (χ4v) is 8.62. The third kappa shape index (κ3) is 16.7. The number of nitrogens with one attached hydrogen (secondary N) is 8. The van der Waals surface area contributed by atoms with Gasteiger partial charge in [-0.3, -0.25) is 53.0 Å². The summed E-state index contributed by atoms with van der Waals surface area (Å²) in [6.07, 6.45) is 3.73. The SMILES string of the molecule is CCCC[C@H](NC(C)=O)C(=O)N1C(=O)[C@@H](CCCCN)NC(=O)[C@H](Cc2c[nH]c3ccccc23)NC(=O)[C@@H](CCCN=C(N)N)NC(=O)[C@H](Cc2ccccc2)NC(=O)[C@@H](Cc2cnc[nH]2)NC(=O)[C@@H]1CC(=O)O. The average molecular weight is 1030 g/mol. The molecular formula is C50H68N14O10. The second-order valence-electron chi connectivity index (χ2n) is 18.1. The highest BCUT2D eigenvalue weighted by molar-refractivity contribution is 6.07. The Morgan fingerprint density at radius 2 is 1.35 bits per heavy atom. The van der Waals surface area contributed by atoms with Crippen molar-refractivity contribution in [1.82, 2.24) is 51.8 Å². The van der Waals surface area contributed by atoms with Crippen LogP contribution in [-0.4, -0.2) is 140 Å². The molecule has 1 aliphatic heterocycles. The first kappa shape index (κ1) is 56.8. The highest BCUT2D eigenvalue weighted by atomic mass is 16.4. The number of para-hydroxylation sites is 1. The molecule has 1 fully saturated rings. The number of carbonyl (C=O) groups excluding carboxylic acids is 8. The summed E-state index contributed by atoms with van der Waals surface area (Å²) in [6, 6.07) is 4.51. The van der Waals surface area contributed by atoms with E-state index in [0.717, 1.165) is 6.92 Å². The minimum Gasteiger partial charge on any atom is -0.481 e. The quantitative estimate of drug-likeness (QED) is 0.0283. The number of carboxylic acids is 1. The molecule has 0 bridgehead atoms. The second-order valence-corrected chi connectivity index (χ2v) is 18.1. The van der Waals surface area contributed by atoms with Gasteiger partial charge in [-0.1, -0.05) is 68.3 Å². The molecule has 0 aliphatic carbocycles. The molecular weight excluding hydrogens is 957 g/mol. The van der Waals surface area contributed by atoms with Crippen molar-refractivity contribution in [3.63, 3.8) is 0 Å². The average Bonchev–Trinajstić information content (AvgIpc) is 4.04. The van der Waals surface area contributed by atoms with Crippen LogP contribution >= 0.6 is 0 Å². The van der Waals surface area contributed by atoms with Gasteiger partial charge in [-0.25, -0.2) is 4.98 Å². The topological polar surface area (TPSA) is 384 Å². The number of imidazole rings is 1. The van der Waals surface area contributed by atoms with E-state index in [1.807, 2.05) is 13.0 Å². The number of aromatic amines is 2. The van der Waals surface area contributed by atoms with Crippen LogP contribution in [0.15, 0.2) is 78.3 Å². The number of carbonyl (C=O) groups is 9. The number of nitrogens with zero attached hydrogens (tertiary/aromatic N) is 3. The lowest BCUT2D eigenvalue weighted by atomic mass is 9.99. The van der Waals surface area contributed by atoms with Gasteiger partial charge in [0.1, 0.15) is 42.3 Å². The first-order chi connectivity index (χ1) is 35.5. The van der Waals surface area contributed by atoms with Gasteiger partial charge in [0.15, 0.2) is 5.96 Å². The number of hydrogen-bond acceptors (Lipinski definition) is 12. The number of hydrogen-bond donors (Lipinski definition) is 12. The van der Waals surface area contributed by atoms with E-state index in [0.29, 0.717) is 51.9 Å². The predicted molar refractivity (Wildman–Crippen MR) is 272 cm³/mol. The van der Waals surface area contributed by atoms with Gasteiger partial charge in [0.25, 0.3) is 11.8 Å². The summed E-state index contributed by atoms with van der Waals surface area (Å²) in [5.74, 6) is -9.71. The smallest absolute Gasteiger partial charge is 0.306 e. The number of benzene rings is 2. The highest BCUT2D eigenvalue weighted by Crippen LogP contribution is 2.21. The lowest BCUT2D eigenvalue weighted by molar-refractivity contribution is -0.158. The summed E-state index contributed by atoms with van der Waals surface area (Å²) in [7, 11) is 0. The molecule has 4 aromatic rings. The monoisotopic (exact) mass is 1020 g/mol. The normalized spacial score (nSPS) is 20.7. The maximum Gasteiger partial charge on any atom is 0.306 e. The van der Waals surface area contributed by atoms with Crippen LogP contribution in [-0.2, 0) is 62.4 Å². The molecule has 24 heteroatoms. The number of carboxylic acid groups (broad SMARTS) is 1. The van der Waals surface area contributed by atoms with Gasteiger partial charge >= 0.3 is 5.97 Å². The summed E-state index contributed by atoms with van der Waals surface area (Å²) in [5.41, 5.74) is 19.2. The van der Waals surface area contributed by atoms with Crippen LogP contribution in [0.3, 0.4) is 0 Å². The highest BCUT2D eigenvalue weighted by Gasteiger charge is 2.44. The molecule has 0 spiro atoms. The summed E-state index contributed by atoms with van der Waals surface area (Å²) in [4.78, 5) is 144. The predicted octanol–water partition coefficient (Wildman–Crippen LogP) is -0.568. The number of unbranched alkanes of at least 4 members (excludes halogenated alkanes) is 2. The Bertz CT molecular complexity index is 2600. The zero-order valence-electron chi connectivity index (χ0n) is 41.6. The Hall–Kier alpha value is -8.15. The van der Waals surface area contributed by atoms with Crippen molar-refractivity contribution in [2.45, 2.75) is 133 Å². The minimum atomic E-state index is -2.19. The van der Waals surface area contributed by atoms with Gasteiger partial charge < -0.3 is 64.2 Å². The van der Waals surface area contributed by atoms with Gasteiger partial charge in [-0.2, -0.15) is 0 Å². The largest absolute Gasteiger partial charge is 0.481 e. The van der Waals surface area contributed by atoms with Crippen LogP contribution in [0.2, 0.25) is 0 Å². The first-order valence-corrected chi connectivity index (χ1v) is 24.7. The Morgan fingerprint density at radius 3 is 1.99 bits per heavy atom. The van der Waals surface area contributed by atoms with E-state index in [9.17, 15) is 38.7 Å². The molecule has 3 heterocycles. The Morgan fingerprint density at radius 1 is 0.743 bits per heavy atom. The Kier molecular flexibility index (Phi) is 21.6. The molecule has 0 unspecified atom stereocenters. The summed E-state index contributed by atoms with van der Waals surface area (Å²) >= 11 is 0. The van der Waals surface area contributed by atoms with Gasteiger partial charge in [0.2, 0.25) is 35.4 Å². The molecule has 2 aromatic carbocycles. The van der Waals surface area contributed by atoms with E-state index in [1.165, 1.54) is 12.5 Å². The van der Waals surface area contributed by atoms with Crippen molar-refractivity contribution in [2.24, 2.45) is 22.2 Å². The van der Waals surface area contributed by atoms with E-state index in [4.69, 9.17) is 17.2 Å².